The molecule has 0 atom stereocenters. The van der Waals surface area contributed by atoms with Gasteiger partial charge in [0.2, 0.25) is 0 Å². The molecule has 2 aromatic rings. The standard InChI is InChI=1S/C19H15FN2O4.C7H3Br2NO/c1-2-7-21-15-9-14(13(20)8-16(15)26-10-17(21)23)22-18(24)11-5-3-4-6-12(11)19(22)25;8-5-1-4(3-10)2-6(9)7(5)11/h1,8-9H,3-7,10H2;1-2,11H. The molecule has 2 heterocycles. The first-order valence-corrected chi connectivity index (χ1v) is 12.7. The number of phenolic OH excluding ortho intramolecular Hbond substituents is 1. The second kappa shape index (κ2) is 10.8. The second-order valence-corrected chi connectivity index (χ2v) is 9.96. The second-order valence-electron chi connectivity index (χ2n) is 8.25. The molecule has 0 radical (unpaired) electrons. The molecule has 1 aliphatic carbocycles. The van der Waals surface area contributed by atoms with Crippen LogP contribution in [0, 0.1) is 29.5 Å². The lowest BCUT2D eigenvalue weighted by atomic mass is 9.93. The van der Waals surface area contributed by atoms with E-state index in [9.17, 15) is 23.9 Å². The third-order valence-corrected chi connectivity index (χ3v) is 7.21. The van der Waals surface area contributed by atoms with Crippen molar-refractivity contribution in [2.45, 2.75) is 25.7 Å². The van der Waals surface area contributed by atoms with Gasteiger partial charge in [-0.2, -0.15) is 5.26 Å². The van der Waals surface area contributed by atoms with Crippen LogP contribution >= 0.6 is 31.9 Å². The number of benzene rings is 2. The number of rotatable bonds is 2. The Morgan fingerprint density at radius 3 is 2.16 bits per heavy atom. The number of phenols is 1. The molecule has 2 aromatic carbocycles. The first kappa shape index (κ1) is 26.4. The zero-order valence-electron chi connectivity index (χ0n) is 19.2. The number of carbonyl (C=O) groups is 3. The van der Waals surface area contributed by atoms with Gasteiger partial charge in [-0.25, -0.2) is 9.29 Å². The van der Waals surface area contributed by atoms with Crippen LogP contribution in [0.3, 0.4) is 0 Å². The van der Waals surface area contributed by atoms with Gasteiger partial charge in [0.15, 0.2) is 12.4 Å². The van der Waals surface area contributed by atoms with E-state index in [2.05, 4.69) is 37.8 Å². The SMILES string of the molecule is C#CCN1C(=O)COc2cc(F)c(N3C(=O)C4=C(CCCC4)C3=O)cc21.N#Cc1cc(Br)c(O)c(Br)c1. The van der Waals surface area contributed by atoms with Crippen LogP contribution in [0.25, 0.3) is 0 Å². The topological polar surface area (TPSA) is 111 Å². The average Bonchev–Trinajstić information content (AvgIpc) is 3.14. The number of nitrogens with zero attached hydrogens (tertiary/aromatic N) is 3. The van der Waals surface area contributed by atoms with Crippen LogP contribution in [-0.4, -0.2) is 36.0 Å². The molecule has 1 N–H and O–H groups in total. The maximum absolute atomic E-state index is 14.7. The van der Waals surface area contributed by atoms with Gasteiger partial charge in [0.05, 0.1) is 38.5 Å². The van der Waals surface area contributed by atoms with E-state index >= 15 is 0 Å². The van der Waals surface area contributed by atoms with Gasteiger partial charge in [-0.15, -0.1) is 6.42 Å². The van der Waals surface area contributed by atoms with Gasteiger partial charge in [-0.05, 0) is 75.7 Å². The molecule has 0 bridgehead atoms. The van der Waals surface area contributed by atoms with Crippen LogP contribution in [0.15, 0.2) is 44.4 Å². The van der Waals surface area contributed by atoms with Crippen LogP contribution in [0.4, 0.5) is 15.8 Å². The third-order valence-electron chi connectivity index (χ3n) is 6.00. The Balaban J connectivity index is 0.000000245. The van der Waals surface area contributed by atoms with Gasteiger partial charge in [0.25, 0.3) is 17.7 Å². The summed E-state index contributed by atoms with van der Waals surface area (Å²) in [5.74, 6) is 0.521. The Bertz CT molecular complexity index is 1410. The largest absolute Gasteiger partial charge is 0.506 e. The van der Waals surface area contributed by atoms with Crippen LogP contribution in [-0.2, 0) is 14.4 Å². The Labute approximate surface area is 228 Å². The van der Waals surface area contributed by atoms with E-state index < -0.39 is 17.6 Å². The highest BCUT2D eigenvalue weighted by atomic mass is 79.9. The van der Waals surface area contributed by atoms with E-state index in [-0.39, 0.29) is 41.9 Å². The van der Waals surface area contributed by atoms with Crippen LogP contribution in [0.5, 0.6) is 11.5 Å². The first-order valence-electron chi connectivity index (χ1n) is 11.1. The zero-order chi connectivity index (χ0) is 26.9. The molecular weight excluding hydrogens is 613 g/mol. The molecule has 0 fully saturated rings. The molecule has 37 heavy (non-hydrogen) atoms. The van der Waals surface area contributed by atoms with E-state index in [0.29, 0.717) is 38.5 Å². The molecule has 0 aromatic heterocycles. The molecule has 5 rings (SSSR count). The quantitative estimate of drug-likeness (QED) is 0.380. The highest BCUT2D eigenvalue weighted by Crippen LogP contribution is 2.41. The van der Waals surface area contributed by atoms with Gasteiger partial charge in [0, 0.05) is 17.2 Å². The van der Waals surface area contributed by atoms with Gasteiger partial charge in [-0.3, -0.25) is 19.3 Å². The van der Waals surface area contributed by atoms with E-state index in [1.807, 2.05) is 6.07 Å². The van der Waals surface area contributed by atoms with Gasteiger partial charge in [-0.1, -0.05) is 5.92 Å². The molecule has 0 spiro atoms. The van der Waals surface area contributed by atoms with E-state index in [1.54, 1.807) is 12.1 Å². The van der Waals surface area contributed by atoms with Crippen molar-refractivity contribution in [3.63, 3.8) is 0 Å². The molecule has 0 unspecified atom stereocenters. The number of anilines is 2. The van der Waals surface area contributed by atoms with E-state index in [0.717, 1.165) is 23.8 Å². The van der Waals surface area contributed by atoms with E-state index in [4.69, 9.17) is 16.4 Å². The van der Waals surface area contributed by atoms with Crippen molar-refractivity contribution >= 4 is 61.0 Å². The van der Waals surface area contributed by atoms with Crippen molar-refractivity contribution in [2.24, 2.45) is 0 Å². The molecule has 8 nitrogen and oxygen atoms in total. The first-order chi connectivity index (χ1) is 17.7. The molecule has 0 saturated carbocycles. The van der Waals surface area contributed by atoms with Crippen LogP contribution in [0.2, 0.25) is 0 Å². The Hall–Kier alpha value is -3.67. The summed E-state index contributed by atoms with van der Waals surface area (Å²) in [4.78, 5) is 39.5. The van der Waals surface area contributed by atoms with Crippen LogP contribution < -0.4 is 14.5 Å². The smallest absolute Gasteiger partial charge is 0.265 e. The predicted octanol–water partition coefficient (Wildman–Crippen LogP) is 4.72. The van der Waals surface area contributed by atoms with Crippen molar-refractivity contribution in [3.8, 4) is 29.9 Å². The van der Waals surface area contributed by atoms with Crippen molar-refractivity contribution in [1.29, 1.82) is 5.26 Å². The maximum Gasteiger partial charge on any atom is 0.265 e. The highest BCUT2D eigenvalue weighted by Gasteiger charge is 2.41. The number of hydrogen-bond acceptors (Lipinski definition) is 6. The lowest BCUT2D eigenvalue weighted by Crippen LogP contribution is -2.39. The third kappa shape index (κ3) is 4.97. The fourth-order valence-electron chi connectivity index (χ4n) is 4.24. The number of halogens is 3. The number of imide groups is 1. The number of aromatic hydroxyl groups is 1. The molecule has 188 valence electrons. The highest BCUT2D eigenvalue weighted by molar-refractivity contribution is 9.11. The van der Waals surface area contributed by atoms with Crippen molar-refractivity contribution in [3.05, 3.63) is 55.7 Å². The van der Waals surface area contributed by atoms with Gasteiger partial charge < -0.3 is 9.84 Å². The Morgan fingerprint density at radius 1 is 1.03 bits per heavy atom. The molecule has 3 aliphatic rings. The summed E-state index contributed by atoms with van der Waals surface area (Å²) < 4.78 is 21.0. The average molecular weight is 631 g/mol. The van der Waals surface area contributed by atoms with Gasteiger partial charge in [0.1, 0.15) is 11.5 Å². The minimum Gasteiger partial charge on any atom is -0.506 e. The number of nitriles is 1. The molecule has 2 aliphatic heterocycles. The summed E-state index contributed by atoms with van der Waals surface area (Å²) in [6.45, 7) is -0.262. The predicted molar refractivity (Wildman–Crippen MR) is 139 cm³/mol. The number of fused-ring (bicyclic) bond motifs is 1. The zero-order valence-corrected chi connectivity index (χ0v) is 22.4. The number of terminal acetylenes is 1. The number of hydrogen-bond donors (Lipinski definition) is 1. The molecular formula is C26H18Br2FN3O5. The number of carbonyl (C=O) groups excluding carboxylic acids is 3. The Morgan fingerprint density at radius 2 is 1.62 bits per heavy atom. The molecule has 3 amide bonds. The number of ether oxygens (including phenoxy) is 1. The van der Waals surface area contributed by atoms with Gasteiger partial charge >= 0.3 is 0 Å². The summed E-state index contributed by atoms with van der Waals surface area (Å²) in [7, 11) is 0. The van der Waals surface area contributed by atoms with Crippen LogP contribution in [0.1, 0.15) is 31.2 Å². The Kier molecular flexibility index (Phi) is 7.67. The fourth-order valence-corrected chi connectivity index (χ4v) is 5.42. The summed E-state index contributed by atoms with van der Waals surface area (Å²) in [5, 5.41) is 17.7. The summed E-state index contributed by atoms with van der Waals surface area (Å²) in [6, 6.07) is 7.44. The molecule has 11 heteroatoms. The monoisotopic (exact) mass is 629 g/mol. The number of amides is 3. The molecule has 0 saturated heterocycles. The normalized spacial score (nSPS) is 16.3. The minimum atomic E-state index is -0.764. The minimum absolute atomic E-state index is 0.0170. The fraction of sp³-hybridized carbons (Fsp3) is 0.231. The van der Waals surface area contributed by atoms with Crippen molar-refractivity contribution in [1.82, 2.24) is 0 Å². The summed E-state index contributed by atoms with van der Waals surface area (Å²) in [6.07, 6.45) is 8.01. The lowest BCUT2D eigenvalue weighted by Gasteiger charge is -2.29. The summed E-state index contributed by atoms with van der Waals surface area (Å²) in [5.41, 5.74) is 1.49. The van der Waals surface area contributed by atoms with Crippen molar-refractivity contribution < 1.29 is 28.6 Å². The summed E-state index contributed by atoms with van der Waals surface area (Å²) >= 11 is 6.21. The van der Waals surface area contributed by atoms with Crippen molar-refractivity contribution in [2.75, 3.05) is 23.0 Å². The lowest BCUT2D eigenvalue weighted by molar-refractivity contribution is -0.121. The van der Waals surface area contributed by atoms with E-state index in [1.165, 1.54) is 11.0 Å². The maximum atomic E-state index is 14.7.